The molecule has 1 aromatic carbocycles. The number of thioether (sulfide) groups is 1. The minimum atomic E-state index is -0.871. The summed E-state index contributed by atoms with van der Waals surface area (Å²) in [6.07, 6.45) is 2.65. The second-order valence-corrected chi connectivity index (χ2v) is 6.33. The largest absolute Gasteiger partial charge is 0.388 e. The second-order valence-electron chi connectivity index (χ2n) is 5.35. The Balaban J connectivity index is 2.45. The first-order chi connectivity index (χ1) is 9.34. The van der Waals surface area contributed by atoms with Gasteiger partial charge in [0.25, 0.3) is 0 Å². The van der Waals surface area contributed by atoms with E-state index in [1.165, 1.54) is 5.56 Å². The molecule has 0 saturated carbocycles. The van der Waals surface area contributed by atoms with Crippen molar-refractivity contribution in [1.82, 2.24) is 5.32 Å². The Morgan fingerprint density at radius 3 is 2.65 bits per heavy atom. The number of aryl methyl sites for hydroxylation is 2. The van der Waals surface area contributed by atoms with Crippen LogP contribution in [0.5, 0.6) is 0 Å². The van der Waals surface area contributed by atoms with Crippen LogP contribution in [0.25, 0.3) is 0 Å². The van der Waals surface area contributed by atoms with E-state index in [4.69, 9.17) is 0 Å². The van der Waals surface area contributed by atoms with Crippen LogP contribution in [0.3, 0.4) is 0 Å². The van der Waals surface area contributed by atoms with E-state index >= 15 is 0 Å². The number of carbonyl (C=O) groups excluding carboxylic acids is 1. The normalized spacial score (nSPS) is 13.7. The van der Waals surface area contributed by atoms with Gasteiger partial charge in [0.15, 0.2) is 0 Å². The minimum Gasteiger partial charge on any atom is -0.388 e. The van der Waals surface area contributed by atoms with Crippen molar-refractivity contribution < 1.29 is 9.90 Å². The highest BCUT2D eigenvalue weighted by molar-refractivity contribution is 7.98. The average molecular weight is 296 g/mol. The number of amides is 2. The van der Waals surface area contributed by atoms with Crippen molar-refractivity contribution in [3.8, 4) is 0 Å². The lowest BCUT2D eigenvalue weighted by atomic mass is 10.0. The van der Waals surface area contributed by atoms with Gasteiger partial charge >= 0.3 is 6.03 Å². The minimum absolute atomic E-state index is 0.240. The molecular formula is C15H24N2O2S. The average Bonchev–Trinajstić information content (AvgIpc) is 2.39. The van der Waals surface area contributed by atoms with Crippen LogP contribution < -0.4 is 10.6 Å². The van der Waals surface area contributed by atoms with Crippen LogP contribution in [0.4, 0.5) is 10.5 Å². The first-order valence-electron chi connectivity index (χ1n) is 6.67. The molecular weight excluding hydrogens is 272 g/mol. The molecule has 1 rings (SSSR count). The highest BCUT2D eigenvalue weighted by Crippen LogP contribution is 2.14. The molecule has 0 spiro atoms. The van der Waals surface area contributed by atoms with Gasteiger partial charge in [-0.25, -0.2) is 4.79 Å². The predicted molar refractivity (Wildman–Crippen MR) is 86.6 cm³/mol. The zero-order chi connectivity index (χ0) is 15.2. The molecule has 5 heteroatoms. The molecule has 0 aliphatic rings. The first-order valence-corrected chi connectivity index (χ1v) is 8.07. The molecule has 2 amide bonds. The van der Waals surface area contributed by atoms with Gasteiger partial charge in [-0.1, -0.05) is 6.07 Å². The molecule has 1 unspecified atom stereocenters. The van der Waals surface area contributed by atoms with Gasteiger partial charge in [0.1, 0.15) is 0 Å². The van der Waals surface area contributed by atoms with Crippen molar-refractivity contribution in [2.45, 2.75) is 32.8 Å². The highest BCUT2D eigenvalue weighted by Gasteiger charge is 2.20. The maximum absolute atomic E-state index is 11.8. The molecule has 20 heavy (non-hydrogen) atoms. The number of carbonyl (C=O) groups is 1. The van der Waals surface area contributed by atoms with E-state index in [1.54, 1.807) is 18.7 Å². The zero-order valence-corrected chi connectivity index (χ0v) is 13.4. The van der Waals surface area contributed by atoms with E-state index in [1.807, 2.05) is 38.3 Å². The summed E-state index contributed by atoms with van der Waals surface area (Å²) in [5.74, 6) is 0.869. The molecule has 0 aliphatic heterocycles. The molecule has 0 heterocycles. The summed E-state index contributed by atoms with van der Waals surface area (Å²) in [4.78, 5) is 11.8. The van der Waals surface area contributed by atoms with Crippen LogP contribution >= 0.6 is 11.8 Å². The Labute approximate surface area is 125 Å². The predicted octanol–water partition coefficient (Wildman–Crippen LogP) is 2.93. The summed E-state index contributed by atoms with van der Waals surface area (Å²) in [6, 6.07) is 5.48. The van der Waals surface area contributed by atoms with Crippen LogP contribution in [0.2, 0.25) is 0 Å². The standard InChI is InChI=1S/C15H24N2O2S/c1-11-5-6-13(9-12(11)2)17-14(18)16-10-15(3,19)7-8-20-4/h5-6,9,19H,7-8,10H2,1-4H3,(H2,16,17,18). The van der Waals surface area contributed by atoms with E-state index in [0.717, 1.165) is 17.0 Å². The monoisotopic (exact) mass is 296 g/mol. The number of hydrogen-bond acceptors (Lipinski definition) is 3. The Bertz CT molecular complexity index is 461. The van der Waals surface area contributed by atoms with E-state index in [-0.39, 0.29) is 12.6 Å². The fraction of sp³-hybridized carbons (Fsp3) is 0.533. The van der Waals surface area contributed by atoms with Crippen LogP contribution in [0.15, 0.2) is 18.2 Å². The summed E-state index contributed by atoms with van der Waals surface area (Å²) >= 11 is 1.68. The molecule has 0 aliphatic carbocycles. The Kier molecular flexibility index (Phi) is 6.36. The number of benzene rings is 1. The fourth-order valence-corrected chi connectivity index (χ4v) is 2.32. The van der Waals surface area contributed by atoms with Crippen molar-refractivity contribution in [1.29, 1.82) is 0 Å². The summed E-state index contributed by atoms with van der Waals surface area (Å²) in [6.45, 7) is 6.01. The maximum atomic E-state index is 11.8. The first kappa shape index (κ1) is 16.9. The smallest absolute Gasteiger partial charge is 0.319 e. The number of aliphatic hydroxyl groups is 1. The van der Waals surface area contributed by atoms with E-state index in [9.17, 15) is 9.90 Å². The third-order valence-electron chi connectivity index (χ3n) is 3.24. The molecule has 0 aromatic heterocycles. The van der Waals surface area contributed by atoms with Crippen LogP contribution in [-0.4, -0.2) is 35.3 Å². The fourth-order valence-electron chi connectivity index (χ4n) is 1.68. The van der Waals surface area contributed by atoms with Crippen LogP contribution in [0.1, 0.15) is 24.5 Å². The number of nitrogens with one attached hydrogen (secondary N) is 2. The topological polar surface area (TPSA) is 61.4 Å². The molecule has 0 radical (unpaired) electrons. The molecule has 0 saturated heterocycles. The van der Waals surface area contributed by atoms with Gasteiger partial charge in [0, 0.05) is 12.2 Å². The molecule has 0 bridgehead atoms. The molecule has 112 valence electrons. The van der Waals surface area contributed by atoms with Crippen molar-refractivity contribution >= 4 is 23.5 Å². The molecule has 4 nitrogen and oxygen atoms in total. The van der Waals surface area contributed by atoms with Gasteiger partial charge < -0.3 is 15.7 Å². The Morgan fingerprint density at radius 1 is 1.35 bits per heavy atom. The quantitative estimate of drug-likeness (QED) is 0.756. The lowest BCUT2D eigenvalue weighted by Gasteiger charge is -2.23. The molecule has 3 N–H and O–H groups in total. The van der Waals surface area contributed by atoms with Gasteiger partial charge in [-0.05, 0) is 62.5 Å². The lowest BCUT2D eigenvalue weighted by molar-refractivity contribution is 0.0599. The van der Waals surface area contributed by atoms with Gasteiger partial charge in [0.2, 0.25) is 0 Å². The summed E-state index contributed by atoms with van der Waals surface area (Å²) in [5, 5.41) is 15.6. The number of urea groups is 1. The zero-order valence-electron chi connectivity index (χ0n) is 12.6. The van der Waals surface area contributed by atoms with Crippen LogP contribution in [-0.2, 0) is 0 Å². The van der Waals surface area contributed by atoms with Crippen molar-refractivity contribution in [2.75, 3.05) is 23.9 Å². The highest BCUT2D eigenvalue weighted by atomic mass is 32.2. The van der Waals surface area contributed by atoms with Crippen molar-refractivity contribution in [2.24, 2.45) is 0 Å². The van der Waals surface area contributed by atoms with Crippen LogP contribution in [0, 0.1) is 13.8 Å². The van der Waals surface area contributed by atoms with Gasteiger partial charge in [-0.15, -0.1) is 0 Å². The Morgan fingerprint density at radius 2 is 2.05 bits per heavy atom. The van der Waals surface area contributed by atoms with E-state index in [2.05, 4.69) is 10.6 Å². The third kappa shape index (κ3) is 5.84. The van der Waals surface area contributed by atoms with Gasteiger partial charge in [-0.3, -0.25) is 0 Å². The molecule has 1 aromatic rings. The summed E-state index contributed by atoms with van der Waals surface area (Å²) in [5.41, 5.74) is 2.21. The molecule has 1 atom stereocenters. The van der Waals surface area contributed by atoms with Crippen molar-refractivity contribution in [3.05, 3.63) is 29.3 Å². The number of anilines is 1. The van der Waals surface area contributed by atoms with E-state index in [0.29, 0.717) is 6.42 Å². The number of rotatable bonds is 6. The Hall–Kier alpha value is -1.20. The summed E-state index contributed by atoms with van der Waals surface area (Å²) in [7, 11) is 0. The van der Waals surface area contributed by atoms with E-state index < -0.39 is 5.60 Å². The van der Waals surface area contributed by atoms with Gasteiger partial charge in [0.05, 0.1) is 5.60 Å². The van der Waals surface area contributed by atoms with Crippen molar-refractivity contribution in [3.63, 3.8) is 0 Å². The maximum Gasteiger partial charge on any atom is 0.319 e. The molecule has 0 fully saturated rings. The SMILES string of the molecule is CSCCC(C)(O)CNC(=O)Nc1ccc(C)c(C)c1. The van der Waals surface area contributed by atoms with Gasteiger partial charge in [-0.2, -0.15) is 11.8 Å². The lowest BCUT2D eigenvalue weighted by Crippen LogP contribution is -2.42. The third-order valence-corrected chi connectivity index (χ3v) is 3.85. The number of hydrogen-bond donors (Lipinski definition) is 3. The second kappa shape index (κ2) is 7.55. The summed E-state index contributed by atoms with van der Waals surface area (Å²) < 4.78 is 0.